The lowest BCUT2D eigenvalue weighted by atomic mass is 10.00. The maximum Gasteiger partial charge on any atom is 0.265 e. The van der Waals surface area contributed by atoms with Crippen LogP contribution in [0.25, 0.3) is 0 Å². The fourth-order valence-electron chi connectivity index (χ4n) is 1.75. The van der Waals surface area contributed by atoms with E-state index in [1.807, 2.05) is 12.1 Å². The molecule has 1 aromatic rings. The van der Waals surface area contributed by atoms with E-state index in [0.29, 0.717) is 5.56 Å². The molecule has 0 saturated carbocycles. The lowest BCUT2D eigenvalue weighted by Gasteiger charge is -2.30. The molecule has 1 atom stereocenters. The van der Waals surface area contributed by atoms with Crippen LogP contribution in [0.1, 0.15) is 22.1 Å². The van der Waals surface area contributed by atoms with E-state index in [0.717, 1.165) is 11.3 Å². The maximum atomic E-state index is 11.5. The molecule has 3 rings (SSSR count). The van der Waals surface area contributed by atoms with Crippen molar-refractivity contribution in [3.05, 3.63) is 29.3 Å². The summed E-state index contributed by atoms with van der Waals surface area (Å²) in [5.41, 5.74) is 7.89. The first-order valence-electron chi connectivity index (χ1n) is 4.33. The fraction of sp³-hybridized carbons (Fsp3) is 0.111. The van der Waals surface area contributed by atoms with Gasteiger partial charge in [-0.1, -0.05) is 6.07 Å². The fourth-order valence-corrected chi connectivity index (χ4v) is 1.75. The van der Waals surface area contributed by atoms with Gasteiger partial charge in [-0.2, -0.15) is 0 Å². The smallest absolute Gasteiger partial charge is 0.265 e. The number of carbonyl (C=O) groups is 1. The van der Waals surface area contributed by atoms with Gasteiger partial charge in [0.05, 0.1) is 12.0 Å². The van der Waals surface area contributed by atoms with Crippen molar-refractivity contribution >= 4 is 17.9 Å². The normalized spacial score (nSPS) is 22.3. The van der Waals surface area contributed by atoms with Crippen molar-refractivity contribution in [2.24, 2.45) is 4.99 Å². The number of nitrogens with one attached hydrogen (secondary N) is 3. The van der Waals surface area contributed by atoms with E-state index in [1.54, 1.807) is 12.4 Å². The van der Waals surface area contributed by atoms with Crippen molar-refractivity contribution < 1.29 is 4.79 Å². The van der Waals surface area contributed by atoms with Gasteiger partial charge in [-0.05, 0) is 12.1 Å². The summed E-state index contributed by atoms with van der Waals surface area (Å²) in [7, 11) is 0. The summed E-state index contributed by atoms with van der Waals surface area (Å²) in [6, 6.07) is 5.52. The van der Waals surface area contributed by atoms with Crippen LogP contribution in [0, 0.1) is 0 Å². The van der Waals surface area contributed by atoms with E-state index in [1.165, 1.54) is 0 Å². The van der Waals surface area contributed by atoms with Gasteiger partial charge in [0.15, 0.2) is 0 Å². The molecule has 2 aliphatic rings. The molecule has 2 heterocycles. The monoisotopic (exact) mass is 188 g/mol. The van der Waals surface area contributed by atoms with Crippen LogP contribution in [0.4, 0.5) is 5.69 Å². The van der Waals surface area contributed by atoms with Crippen LogP contribution < -0.4 is 16.2 Å². The van der Waals surface area contributed by atoms with E-state index >= 15 is 0 Å². The third-order valence-corrected chi connectivity index (χ3v) is 2.39. The van der Waals surface area contributed by atoms with Gasteiger partial charge in [-0.25, -0.2) is 10.4 Å². The molecule has 0 aromatic heterocycles. The minimum atomic E-state index is -0.114. The maximum absolute atomic E-state index is 11.5. The summed E-state index contributed by atoms with van der Waals surface area (Å²) in [6.45, 7) is 0. The Kier molecular flexibility index (Phi) is 1.37. The molecule has 0 aliphatic carbocycles. The first kappa shape index (κ1) is 7.52. The third-order valence-electron chi connectivity index (χ3n) is 2.39. The molecule has 0 radical (unpaired) electrons. The first-order chi connectivity index (χ1) is 6.86. The van der Waals surface area contributed by atoms with E-state index in [2.05, 4.69) is 21.2 Å². The molecule has 14 heavy (non-hydrogen) atoms. The largest absolute Gasteiger partial charge is 0.355 e. The van der Waals surface area contributed by atoms with Gasteiger partial charge in [0.2, 0.25) is 0 Å². The van der Waals surface area contributed by atoms with Crippen molar-refractivity contribution in [2.75, 3.05) is 0 Å². The van der Waals surface area contributed by atoms with E-state index in [9.17, 15) is 4.79 Å². The highest BCUT2D eigenvalue weighted by Gasteiger charge is 2.28. The molecular formula is C9H8N4O. The number of rotatable bonds is 0. The Bertz CT molecular complexity index is 440. The highest BCUT2D eigenvalue weighted by Crippen LogP contribution is 2.31. The predicted octanol–water partition coefficient (Wildman–Crippen LogP) is 0.196. The van der Waals surface area contributed by atoms with Gasteiger partial charge >= 0.3 is 0 Å². The summed E-state index contributed by atoms with van der Waals surface area (Å²) in [4.78, 5) is 15.6. The summed E-state index contributed by atoms with van der Waals surface area (Å²) in [5, 5.41) is 3.02. The number of hydrogen-bond donors (Lipinski definition) is 3. The summed E-state index contributed by atoms with van der Waals surface area (Å²) in [5.74, 6) is -0.114. The molecule has 0 bridgehead atoms. The molecule has 2 aliphatic heterocycles. The average molecular weight is 188 g/mol. The second kappa shape index (κ2) is 2.55. The molecule has 5 nitrogen and oxygen atoms in total. The minimum Gasteiger partial charge on any atom is -0.355 e. The zero-order valence-corrected chi connectivity index (χ0v) is 7.24. The quantitative estimate of drug-likeness (QED) is 0.544. The lowest BCUT2D eigenvalue weighted by Crippen LogP contribution is -2.50. The number of carbonyl (C=O) groups excluding carboxylic acids is 1. The van der Waals surface area contributed by atoms with E-state index in [4.69, 9.17) is 0 Å². The van der Waals surface area contributed by atoms with E-state index in [-0.39, 0.29) is 12.1 Å². The number of nitrogens with zero attached hydrogens (tertiary/aromatic N) is 1. The highest BCUT2D eigenvalue weighted by atomic mass is 16.2. The summed E-state index contributed by atoms with van der Waals surface area (Å²) >= 11 is 0. The van der Waals surface area contributed by atoms with Crippen molar-refractivity contribution in [1.29, 1.82) is 0 Å². The Morgan fingerprint density at radius 1 is 1.36 bits per heavy atom. The van der Waals surface area contributed by atoms with Crippen LogP contribution >= 0.6 is 0 Å². The van der Waals surface area contributed by atoms with E-state index < -0.39 is 0 Å². The standard InChI is InChI=1S/C9H8N4O/c14-9-5-2-1-3-6-7(5)8(12-13-9)11-4-10-6/h1-4,8,12H,(H,10,11)(H,13,14). The number of aliphatic imine (C=N–C) groups is 1. The molecule has 0 spiro atoms. The lowest BCUT2D eigenvalue weighted by molar-refractivity contribution is 0.0905. The van der Waals surface area contributed by atoms with Gasteiger partial charge in [0.1, 0.15) is 6.17 Å². The van der Waals surface area contributed by atoms with Crippen LogP contribution in [0.5, 0.6) is 0 Å². The highest BCUT2D eigenvalue weighted by molar-refractivity contribution is 5.98. The molecule has 3 N–H and O–H groups in total. The third kappa shape index (κ3) is 0.869. The van der Waals surface area contributed by atoms with Crippen LogP contribution in [0.3, 0.4) is 0 Å². The molecule has 1 unspecified atom stereocenters. The Hall–Kier alpha value is -1.88. The zero-order valence-electron chi connectivity index (χ0n) is 7.24. The topological polar surface area (TPSA) is 65.5 Å². The Morgan fingerprint density at radius 3 is 3.21 bits per heavy atom. The molecule has 1 amide bonds. The molecule has 0 fully saturated rings. The molecule has 5 heteroatoms. The molecule has 0 saturated heterocycles. The predicted molar refractivity (Wildman–Crippen MR) is 51.1 cm³/mol. The average Bonchev–Trinajstić information content (AvgIpc) is 2.24. The number of hydrazine groups is 1. The van der Waals surface area contributed by atoms with Gasteiger partial charge in [0, 0.05) is 11.1 Å². The van der Waals surface area contributed by atoms with Gasteiger partial charge in [-0.15, -0.1) is 0 Å². The Balaban J connectivity index is 2.29. The Labute approximate surface area is 80.2 Å². The molecule has 70 valence electrons. The molecule has 1 aromatic carbocycles. The van der Waals surface area contributed by atoms with Crippen LogP contribution in [-0.2, 0) is 0 Å². The second-order valence-corrected chi connectivity index (χ2v) is 3.19. The molecular weight excluding hydrogens is 180 g/mol. The van der Waals surface area contributed by atoms with Crippen molar-refractivity contribution in [3.63, 3.8) is 0 Å². The summed E-state index contributed by atoms with van der Waals surface area (Å²) < 4.78 is 0. The van der Waals surface area contributed by atoms with Crippen molar-refractivity contribution in [1.82, 2.24) is 16.2 Å². The minimum absolute atomic E-state index is 0.0728. The van der Waals surface area contributed by atoms with Crippen molar-refractivity contribution in [3.8, 4) is 0 Å². The summed E-state index contributed by atoms with van der Waals surface area (Å²) in [6.07, 6.45) is 1.55. The first-order valence-corrected chi connectivity index (χ1v) is 4.33. The van der Waals surface area contributed by atoms with Gasteiger partial charge in [-0.3, -0.25) is 10.2 Å². The van der Waals surface area contributed by atoms with Gasteiger partial charge < -0.3 is 5.32 Å². The number of hydrogen-bond acceptors (Lipinski definition) is 4. The van der Waals surface area contributed by atoms with Crippen LogP contribution in [-0.4, -0.2) is 12.2 Å². The number of benzene rings is 1. The van der Waals surface area contributed by atoms with Crippen LogP contribution in [0.15, 0.2) is 23.2 Å². The number of amides is 1. The zero-order chi connectivity index (χ0) is 9.54. The SMILES string of the molecule is O=C1NNC2NC=Nc3cccc1c32. The second-order valence-electron chi connectivity index (χ2n) is 3.19. The van der Waals surface area contributed by atoms with Crippen molar-refractivity contribution in [2.45, 2.75) is 6.17 Å². The Morgan fingerprint density at radius 2 is 2.29 bits per heavy atom. The van der Waals surface area contributed by atoms with Crippen LogP contribution in [0.2, 0.25) is 0 Å². The van der Waals surface area contributed by atoms with Gasteiger partial charge in [0.25, 0.3) is 5.91 Å².